The highest BCUT2D eigenvalue weighted by atomic mass is 16.5. The molecular weight excluding hydrogens is 368 g/mol. The molecule has 0 bridgehead atoms. The van der Waals surface area contributed by atoms with Crippen molar-refractivity contribution in [1.29, 1.82) is 5.26 Å². The van der Waals surface area contributed by atoms with E-state index >= 15 is 0 Å². The van der Waals surface area contributed by atoms with Gasteiger partial charge in [0.15, 0.2) is 0 Å². The Kier molecular flexibility index (Phi) is 6.05. The Bertz CT molecular complexity index is 1110. The van der Waals surface area contributed by atoms with Crippen LogP contribution in [0.4, 0.5) is 5.69 Å². The minimum absolute atomic E-state index is 0.344. The zero-order valence-corrected chi connectivity index (χ0v) is 16.1. The van der Waals surface area contributed by atoms with Gasteiger partial charge in [-0.25, -0.2) is 4.68 Å². The fourth-order valence-corrected chi connectivity index (χ4v) is 2.78. The molecule has 0 aliphatic carbocycles. The van der Waals surface area contributed by atoms with Crippen LogP contribution < -0.4 is 15.6 Å². The Morgan fingerprint density at radius 3 is 2.59 bits per heavy atom. The Morgan fingerprint density at radius 1 is 1.17 bits per heavy atom. The summed E-state index contributed by atoms with van der Waals surface area (Å²) >= 11 is 0. The van der Waals surface area contributed by atoms with E-state index in [1.165, 1.54) is 6.07 Å². The molecule has 0 saturated carbocycles. The normalized spacial score (nSPS) is 11.3. The number of aromatic nitrogens is 2. The van der Waals surface area contributed by atoms with Crippen LogP contribution in [-0.4, -0.2) is 22.3 Å². The Hall–Kier alpha value is -3.92. The molecule has 0 aliphatic heterocycles. The molecule has 146 valence electrons. The van der Waals surface area contributed by atoms with Gasteiger partial charge >= 0.3 is 0 Å². The summed E-state index contributed by atoms with van der Waals surface area (Å²) in [5.74, 6) is 0.305. The van der Waals surface area contributed by atoms with Crippen molar-refractivity contribution in [3.8, 4) is 23.1 Å². The minimum Gasteiger partial charge on any atom is -0.494 e. The maximum absolute atomic E-state index is 12.7. The van der Waals surface area contributed by atoms with Crippen molar-refractivity contribution >= 4 is 11.6 Å². The number of para-hydroxylation sites is 1. The molecule has 1 aromatic heterocycles. The second kappa shape index (κ2) is 8.85. The molecule has 1 heterocycles. The number of hydrogen-bond donors (Lipinski definition) is 1. The topological polar surface area (TPSA) is 97.0 Å². The van der Waals surface area contributed by atoms with Crippen molar-refractivity contribution in [2.24, 2.45) is 0 Å². The maximum Gasteiger partial charge on any atom is 0.267 e. The molecule has 0 saturated heterocycles. The Labute approximate surface area is 168 Å². The molecule has 0 spiro atoms. The molecule has 7 heteroatoms. The SMILES string of the molecule is CCOc1ccc(-c2ccc(=O)n(C(C)C(=O)Nc3ccccc3C#N)n2)cc1. The van der Waals surface area contributed by atoms with Crippen LogP contribution in [0, 0.1) is 11.3 Å². The third-order valence-corrected chi connectivity index (χ3v) is 4.34. The van der Waals surface area contributed by atoms with Crippen molar-refractivity contribution in [3.05, 3.63) is 76.6 Å². The molecule has 1 N–H and O–H groups in total. The third-order valence-electron chi connectivity index (χ3n) is 4.34. The van der Waals surface area contributed by atoms with E-state index in [2.05, 4.69) is 10.4 Å². The highest BCUT2D eigenvalue weighted by Gasteiger charge is 2.19. The monoisotopic (exact) mass is 388 g/mol. The summed E-state index contributed by atoms with van der Waals surface area (Å²) in [6, 6.07) is 18.2. The van der Waals surface area contributed by atoms with E-state index in [-0.39, 0.29) is 0 Å². The molecule has 29 heavy (non-hydrogen) atoms. The highest BCUT2D eigenvalue weighted by Crippen LogP contribution is 2.21. The second-order valence-electron chi connectivity index (χ2n) is 6.28. The van der Waals surface area contributed by atoms with Crippen molar-refractivity contribution in [2.75, 3.05) is 11.9 Å². The Morgan fingerprint density at radius 2 is 1.90 bits per heavy atom. The number of nitriles is 1. The van der Waals surface area contributed by atoms with Gasteiger partial charge in [-0.15, -0.1) is 0 Å². The van der Waals surface area contributed by atoms with Crippen LogP contribution >= 0.6 is 0 Å². The fraction of sp³-hybridized carbons (Fsp3) is 0.182. The fourth-order valence-electron chi connectivity index (χ4n) is 2.78. The van der Waals surface area contributed by atoms with Gasteiger partial charge in [0.25, 0.3) is 5.56 Å². The van der Waals surface area contributed by atoms with Gasteiger partial charge in [-0.3, -0.25) is 9.59 Å². The second-order valence-corrected chi connectivity index (χ2v) is 6.28. The van der Waals surface area contributed by atoms with Gasteiger partial charge in [0, 0.05) is 11.6 Å². The smallest absolute Gasteiger partial charge is 0.267 e. The number of nitrogens with zero attached hydrogens (tertiary/aromatic N) is 3. The summed E-state index contributed by atoms with van der Waals surface area (Å²) in [7, 11) is 0. The lowest BCUT2D eigenvalue weighted by atomic mass is 10.1. The number of carbonyl (C=O) groups is 1. The summed E-state index contributed by atoms with van der Waals surface area (Å²) < 4.78 is 6.57. The van der Waals surface area contributed by atoms with E-state index in [9.17, 15) is 9.59 Å². The third kappa shape index (κ3) is 4.50. The zero-order valence-electron chi connectivity index (χ0n) is 16.1. The molecule has 3 aromatic rings. The minimum atomic E-state index is -0.864. The summed E-state index contributed by atoms with van der Waals surface area (Å²) in [5, 5.41) is 16.2. The highest BCUT2D eigenvalue weighted by molar-refractivity contribution is 5.94. The van der Waals surface area contributed by atoms with Crippen LogP contribution in [0.25, 0.3) is 11.3 Å². The molecular formula is C22H20N4O3. The van der Waals surface area contributed by atoms with E-state index in [0.717, 1.165) is 16.0 Å². The first-order chi connectivity index (χ1) is 14.0. The van der Waals surface area contributed by atoms with Crippen LogP contribution in [0.1, 0.15) is 25.5 Å². The van der Waals surface area contributed by atoms with Gasteiger partial charge in [0.1, 0.15) is 17.9 Å². The van der Waals surface area contributed by atoms with Gasteiger partial charge < -0.3 is 10.1 Å². The van der Waals surface area contributed by atoms with Gasteiger partial charge in [0.2, 0.25) is 5.91 Å². The van der Waals surface area contributed by atoms with E-state index in [4.69, 9.17) is 10.00 Å². The van der Waals surface area contributed by atoms with Crippen LogP contribution in [-0.2, 0) is 4.79 Å². The van der Waals surface area contributed by atoms with Crippen molar-refractivity contribution in [2.45, 2.75) is 19.9 Å². The summed E-state index contributed by atoms with van der Waals surface area (Å²) in [6.45, 7) is 4.07. The molecule has 0 aliphatic rings. The largest absolute Gasteiger partial charge is 0.494 e. The number of carbonyl (C=O) groups excluding carboxylic acids is 1. The molecule has 0 radical (unpaired) electrons. The lowest BCUT2D eigenvalue weighted by molar-refractivity contribution is -0.119. The van der Waals surface area contributed by atoms with E-state index < -0.39 is 17.5 Å². The number of ether oxygens (including phenoxy) is 1. The molecule has 7 nitrogen and oxygen atoms in total. The maximum atomic E-state index is 12.7. The standard InChI is InChI=1S/C22H20N4O3/c1-3-29-18-10-8-16(9-11-18)20-12-13-21(27)26(25-20)15(2)22(28)24-19-7-5-4-6-17(19)14-23/h4-13,15H,3H2,1-2H3,(H,24,28). The average molecular weight is 388 g/mol. The van der Waals surface area contributed by atoms with Crippen molar-refractivity contribution < 1.29 is 9.53 Å². The first kappa shape index (κ1) is 19.8. The van der Waals surface area contributed by atoms with E-state index in [1.54, 1.807) is 37.3 Å². The number of amides is 1. The van der Waals surface area contributed by atoms with E-state index in [0.29, 0.717) is 23.6 Å². The number of anilines is 1. The summed E-state index contributed by atoms with van der Waals surface area (Å²) in [6.07, 6.45) is 0. The van der Waals surface area contributed by atoms with Gasteiger partial charge in [-0.2, -0.15) is 10.4 Å². The van der Waals surface area contributed by atoms with Gasteiger partial charge in [-0.05, 0) is 56.3 Å². The lowest BCUT2D eigenvalue weighted by Gasteiger charge is -2.15. The summed E-state index contributed by atoms with van der Waals surface area (Å²) in [5.41, 5.74) is 1.70. The lowest BCUT2D eigenvalue weighted by Crippen LogP contribution is -2.33. The zero-order chi connectivity index (χ0) is 20.8. The number of hydrogen-bond acceptors (Lipinski definition) is 5. The first-order valence-corrected chi connectivity index (χ1v) is 9.16. The average Bonchev–Trinajstić information content (AvgIpc) is 2.75. The van der Waals surface area contributed by atoms with E-state index in [1.807, 2.05) is 37.3 Å². The molecule has 2 aromatic carbocycles. The van der Waals surface area contributed by atoms with Crippen LogP contribution in [0.2, 0.25) is 0 Å². The van der Waals surface area contributed by atoms with Crippen LogP contribution in [0.15, 0.2) is 65.5 Å². The molecule has 1 atom stereocenters. The molecule has 3 rings (SSSR count). The van der Waals surface area contributed by atoms with Gasteiger partial charge in [0.05, 0.1) is 23.6 Å². The number of benzene rings is 2. The quantitative estimate of drug-likeness (QED) is 0.698. The number of rotatable bonds is 6. The van der Waals surface area contributed by atoms with Crippen molar-refractivity contribution in [3.63, 3.8) is 0 Å². The predicted octanol–water partition coefficient (Wildman–Crippen LogP) is 3.38. The summed E-state index contributed by atoms with van der Waals surface area (Å²) in [4.78, 5) is 25.0. The first-order valence-electron chi connectivity index (χ1n) is 9.16. The Balaban J connectivity index is 1.86. The molecule has 1 unspecified atom stereocenters. The van der Waals surface area contributed by atoms with Gasteiger partial charge in [-0.1, -0.05) is 12.1 Å². The predicted molar refractivity (Wildman–Crippen MR) is 110 cm³/mol. The van der Waals surface area contributed by atoms with Crippen LogP contribution in [0.3, 0.4) is 0 Å². The van der Waals surface area contributed by atoms with Crippen molar-refractivity contribution in [1.82, 2.24) is 9.78 Å². The molecule has 0 fully saturated rings. The number of nitrogens with one attached hydrogen (secondary N) is 1. The van der Waals surface area contributed by atoms with Crippen LogP contribution in [0.5, 0.6) is 5.75 Å². The molecule has 1 amide bonds.